The van der Waals surface area contributed by atoms with Crippen LogP contribution in [0, 0.1) is 0 Å². The van der Waals surface area contributed by atoms with E-state index in [-0.39, 0.29) is 12.2 Å². The molecule has 0 saturated heterocycles. The summed E-state index contributed by atoms with van der Waals surface area (Å²) in [7, 11) is 1.43. The molecule has 3 aromatic rings. The van der Waals surface area contributed by atoms with Crippen LogP contribution in [0.5, 0.6) is 5.75 Å². The second-order valence-corrected chi connectivity index (χ2v) is 5.70. The molecule has 140 valence electrons. The van der Waals surface area contributed by atoms with Crippen molar-refractivity contribution in [3.05, 3.63) is 77.6 Å². The zero-order valence-corrected chi connectivity index (χ0v) is 14.3. The Morgan fingerprint density at radius 1 is 1.11 bits per heavy atom. The molecule has 0 aliphatic heterocycles. The van der Waals surface area contributed by atoms with Crippen molar-refractivity contribution in [3.8, 4) is 11.4 Å². The lowest BCUT2D eigenvalue weighted by Crippen LogP contribution is -2.24. The molecule has 8 heteroatoms. The highest BCUT2D eigenvalue weighted by Gasteiger charge is 2.29. The summed E-state index contributed by atoms with van der Waals surface area (Å²) in [6.45, 7) is 0.0678. The van der Waals surface area contributed by atoms with Gasteiger partial charge in [0.1, 0.15) is 0 Å². The molecule has 0 bridgehead atoms. The number of ether oxygens (including phenoxy) is 1. The van der Waals surface area contributed by atoms with Crippen molar-refractivity contribution in [3.63, 3.8) is 0 Å². The van der Waals surface area contributed by atoms with Crippen LogP contribution < -0.4 is 10.1 Å². The zero-order chi connectivity index (χ0) is 19.4. The van der Waals surface area contributed by atoms with E-state index in [1.54, 1.807) is 6.20 Å². The first-order valence-electron chi connectivity index (χ1n) is 8.02. The Labute approximate surface area is 153 Å². The monoisotopic (exact) mass is 375 g/mol. The molecule has 2 aromatic carbocycles. The first-order chi connectivity index (χ1) is 12.9. The van der Waals surface area contributed by atoms with Gasteiger partial charge in [-0.2, -0.15) is 18.3 Å². The number of para-hydroxylation sites is 1. The average molecular weight is 375 g/mol. The summed E-state index contributed by atoms with van der Waals surface area (Å²) >= 11 is 0. The Morgan fingerprint density at radius 2 is 1.78 bits per heavy atom. The molecule has 3 rings (SSSR count). The number of nitrogens with one attached hydrogen (secondary N) is 1. The summed E-state index contributed by atoms with van der Waals surface area (Å²) in [4.78, 5) is 12.4. The number of carbonyl (C=O) groups excluding carboxylic acids is 1. The lowest BCUT2D eigenvalue weighted by atomic mass is 10.1. The fourth-order valence-electron chi connectivity index (χ4n) is 2.46. The highest BCUT2D eigenvalue weighted by atomic mass is 19.4. The van der Waals surface area contributed by atoms with E-state index >= 15 is 0 Å². The van der Waals surface area contributed by atoms with E-state index in [4.69, 9.17) is 4.74 Å². The Morgan fingerprint density at radius 3 is 2.37 bits per heavy atom. The maximum absolute atomic E-state index is 12.6. The van der Waals surface area contributed by atoms with Gasteiger partial charge in [0.15, 0.2) is 11.4 Å². The molecule has 0 aliphatic rings. The first kappa shape index (κ1) is 18.5. The van der Waals surface area contributed by atoms with Gasteiger partial charge in [-0.15, -0.1) is 0 Å². The molecule has 0 atom stereocenters. The normalized spacial score (nSPS) is 11.3. The molecule has 1 heterocycles. The predicted molar refractivity (Wildman–Crippen MR) is 92.7 cm³/mol. The molecule has 0 unspecified atom stereocenters. The Hall–Kier alpha value is -3.29. The Bertz CT molecular complexity index is 920. The van der Waals surface area contributed by atoms with Crippen molar-refractivity contribution in [2.75, 3.05) is 7.11 Å². The van der Waals surface area contributed by atoms with Gasteiger partial charge in [-0.05, 0) is 29.8 Å². The Kier molecular flexibility index (Phi) is 5.16. The number of alkyl halides is 3. The van der Waals surface area contributed by atoms with E-state index in [0.717, 1.165) is 17.8 Å². The van der Waals surface area contributed by atoms with Crippen molar-refractivity contribution >= 4 is 5.91 Å². The molecule has 0 radical (unpaired) electrons. The molecule has 1 amide bonds. The van der Waals surface area contributed by atoms with Crippen LogP contribution in [-0.4, -0.2) is 22.8 Å². The minimum absolute atomic E-state index is 0.0678. The van der Waals surface area contributed by atoms with Crippen LogP contribution in [0.4, 0.5) is 13.2 Å². The molecule has 5 nitrogen and oxygen atoms in total. The third kappa shape index (κ3) is 4.28. The number of hydrogen-bond acceptors (Lipinski definition) is 3. The average Bonchev–Trinajstić information content (AvgIpc) is 3.11. The van der Waals surface area contributed by atoms with Crippen molar-refractivity contribution in [2.45, 2.75) is 12.7 Å². The van der Waals surface area contributed by atoms with E-state index in [1.807, 2.05) is 30.3 Å². The van der Waals surface area contributed by atoms with Gasteiger partial charge >= 0.3 is 6.18 Å². The second kappa shape index (κ2) is 7.53. The maximum atomic E-state index is 12.6. The van der Waals surface area contributed by atoms with Gasteiger partial charge in [-0.3, -0.25) is 4.79 Å². The molecule has 0 spiro atoms. The third-order valence-corrected chi connectivity index (χ3v) is 3.87. The molecule has 0 aliphatic carbocycles. The number of halogens is 3. The van der Waals surface area contributed by atoms with Crippen LogP contribution >= 0.6 is 0 Å². The highest BCUT2D eigenvalue weighted by molar-refractivity contribution is 5.94. The molecule has 27 heavy (non-hydrogen) atoms. The van der Waals surface area contributed by atoms with Crippen molar-refractivity contribution in [1.29, 1.82) is 0 Å². The molecule has 1 N–H and O–H groups in total. The maximum Gasteiger partial charge on any atom is 0.416 e. The summed E-state index contributed by atoms with van der Waals surface area (Å²) in [6.07, 6.45) is -2.80. The topological polar surface area (TPSA) is 56.2 Å². The molecule has 0 fully saturated rings. The fourth-order valence-corrected chi connectivity index (χ4v) is 2.46. The van der Waals surface area contributed by atoms with Crippen molar-refractivity contribution in [1.82, 2.24) is 15.1 Å². The van der Waals surface area contributed by atoms with E-state index in [1.165, 1.54) is 23.9 Å². The number of aromatic nitrogens is 2. The molecular formula is C19H16F3N3O2. The van der Waals surface area contributed by atoms with Crippen molar-refractivity contribution < 1.29 is 22.7 Å². The standard InChI is InChI=1S/C19H16F3N3O2/c1-27-16-12-25(15-5-3-2-4-6-15)24-17(16)18(26)23-11-13-7-9-14(10-8-13)19(20,21)22/h2-10,12H,11H2,1H3,(H,23,26). The molecular weight excluding hydrogens is 359 g/mol. The zero-order valence-electron chi connectivity index (χ0n) is 14.3. The van der Waals surface area contributed by atoms with E-state index in [0.29, 0.717) is 11.3 Å². The number of benzene rings is 2. The van der Waals surface area contributed by atoms with Crippen LogP contribution in [0.15, 0.2) is 60.8 Å². The number of carbonyl (C=O) groups is 1. The number of nitrogens with zero attached hydrogens (tertiary/aromatic N) is 2. The number of rotatable bonds is 5. The summed E-state index contributed by atoms with van der Waals surface area (Å²) in [5, 5.41) is 6.88. The summed E-state index contributed by atoms with van der Waals surface area (Å²) < 4.78 is 44.5. The lowest BCUT2D eigenvalue weighted by Gasteiger charge is -2.08. The molecule has 0 saturated carbocycles. The van der Waals surface area contributed by atoms with Crippen LogP contribution in [0.25, 0.3) is 5.69 Å². The van der Waals surface area contributed by atoms with Crippen LogP contribution in [0.2, 0.25) is 0 Å². The second-order valence-electron chi connectivity index (χ2n) is 5.70. The van der Waals surface area contributed by atoms with Gasteiger partial charge in [-0.25, -0.2) is 4.68 Å². The largest absolute Gasteiger partial charge is 0.493 e. The summed E-state index contributed by atoms with van der Waals surface area (Å²) in [5.74, 6) is -0.190. The van der Waals surface area contributed by atoms with Crippen LogP contribution in [0.3, 0.4) is 0 Å². The minimum Gasteiger partial charge on any atom is -0.493 e. The number of methoxy groups -OCH3 is 1. The van der Waals surface area contributed by atoms with E-state index in [2.05, 4.69) is 10.4 Å². The van der Waals surface area contributed by atoms with Crippen LogP contribution in [0.1, 0.15) is 21.6 Å². The van der Waals surface area contributed by atoms with Gasteiger partial charge in [0, 0.05) is 6.54 Å². The summed E-state index contributed by atoms with van der Waals surface area (Å²) in [5.41, 5.74) is 0.657. The smallest absolute Gasteiger partial charge is 0.416 e. The predicted octanol–water partition coefficient (Wildman–Crippen LogP) is 3.83. The fraction of sp³-hybridized carbons (Fsp3) is 0.158. The Balaban J connectivity index is 1.72. The third-order valence-electron chi connectivity index (χ3n) is 3.87. The quantitative estimate of drug-likeness (QED) is 0.737. The van der Waals surface area contributed by atoms with Crippen LogP contribution in [-0.2, 0) is 12.7 Å². The van der Waals surface area contributed by atoms with Gasteiger partial charge in [0.2, 0.25) is 0 Å². The molecule has 1 aromatic heterocycles. The van der Waals surface area contributed by atoms with Crippen molar-refractivity contribution in [2.24, 2.45) is 0 Å². The number of amides is 1. The SMILES string of the molecule is COc1cn(-c2ccccc2)nc1C(=O)NCc1ccc(C(F)(F)F)cc1. The van der Waals surface area contributed by atoms with E-state index in [9.17, 15) is 18.0 Å². The van der Waals surface area contributed by atoms with Gasteiger partial charge in [0.05, 0.1) is 24.6 Å². The first-order valence-corrected chi connectivity index (χ1v) is 8.02. The van der Waals surface area contributed by atoms with Gasteiger partial charge in [-0.1, -0.05) is 30.3 Å². The lowest BCUT2D eigenvalue weighted by molar-refractivity contribution is -0.137. The van der Waals surface area contributed by atoms with Gasteiger partial charge < -0.3 is 10.1 Å². The van der Waals surface area contributed by atoms with Gasteiger partial charge in [0.25, 0.3) is 5.91 Å². The highest BCUT2D eigenvalue weighted by Crippen LogP contribution is 2.29. The van der Waals surface area contributed by atoms with E-state index < -0.39 is 17.6 Å². The minimum atomic E-state index is -4.39. The summed E-state index contributed by atoms with van der Waals surface area (Å²) in [6, 6.07) is 13.8. The number of hydrogen-bond donors (Lipinski definition) is 1.